The number of hydrogen-bond donors (Lipinski definition) is 1. The number of para-hydroxylation sites is 2. The maximum atomic E-state index is 12.9. The standard InChI is InChI=1S/C15H12FN3O2/c1-20-13-5-3-2-4-12(13)17-15-19-18-14(21-15)10-6-8-11(16)9-7-10/h2-9H,1H3,(H,17,19). The van der Waals surface area contributed by atoms with Crippen LogP contribution in [0.3, 0.4) is 0 Å². The Hall–Kier alpha value is -2.89. The first-order chi connectivity index (χ1) is 10.3. The molecule has 0 aliphatic heterocycles. The number of nitrogens with zero attached hydrogens (tertiary/aromatic N) is 2. The highest BCUT2D eigenvalue weighted by molar-refractivity contribution is 5.62. The van der Waals surface area contributed by atoms with E-state index in [4.69, 9.17) is 9.15 Å². The summed E-state index contributed by atoms with van der Waals surface area (Å²) in [6.45, 7) is 0. The number of benzene rings is 2. The molecule has 3 aromatic rings. The summed E-state index contributed by atoms with van der Waals surface area (Å²) in [5.41, 5.74) is 1.37. The van der Waals surface area contributed by atoms with E-state index in [2.05, 4.69) is 15.5 Å². The number of aromatic nitrogens is 2. The second-order valence-electron chi connectivity index (χ2n) is 4.24. The van der Waals surface area contributed by atoms with Crippen LogP contribution in [0.4, 0.5) is 16.1 Å². The summed E-state index contributed by atoms with van der Waals surface area (Å²) in [5, 5.41) is 10.8. The van der Waals surface area contributed by atoms with E-state index in [-0.39, 0.29) is 11.8 Å². The van der Waals surface area contributed by atoms with Crippen molar-refractivity contribution >= 4 is 11.7 Å². The van der Waals surface area contributed by atoms with Gasteiger partial charge in [-0.25, -0.2) is 4.39 Å². The molecule has 0 amide bonds. The predicted octanol–water partition coefficient (Wildman–Crippen LogP) is 3.63. The molecular formula is C15H12FN3O2. The van der Waals surface area contributed by atoms with Gasteiger partial charge < -0.3 is 14.5 Å². The summed E-state index contributed by atoms with van der Waals surface area (Å²) in [6, 6.07) is 13.5. The monoisotopic (exact) mass is 285 g/mol. The maximum Gasteiger partial charge on any atom is 0.320 e. The Morgan fingerprint density at radius 1 is 1.05 bits per heavy atom. The van der Waals surface area contributed by atoms with E-state index in [1.54, 1.807) is 19.2 Å². The van der Waals surface area contributed by atoms with Crippen molar-refractivity contribution in [3.8, 4) is 17.2 Å². The van der Waals surface area contributed by atoms with Gasteiger partial charge >= 0.3 is 6.01 Å². The second kappa shape index (κ2) is 5.62. The van der Waals surface area contributed by atoms with Gasteiger partial charge in [-0.05, 0) is 36.4 Å². The molecule has 0 unspecified atom stereocenters. The summed E-state index contributed by atoms with van der Waals surface area (Å²) in [4.78, 5) is 0. The van der Waals surface area contributed by atoms with Gasteiger partial charge in [-0.3, -0.25) is 0 Å². The fraction of sp³-hybridized carbons (Fsp3) is 0.0667. The van der Waals surface area contributed by atoms with Crippen molar-refractivity contribution in [3.05, 3.63) is 54.3 Å². The zero-order valence-corrected chi connectivity index (χ0v) is 11.2. The molecule has 0 aliphatic carbocycles. The molecule has 21 heavy (non-hydrogen) atoms. The number of halogens is 1. The number of anilines is 2. The van der Waals surface area contributed by atoms with Gasteiger partial charge in [0, 0.05) is 5.56 Å². The van der Waals surface area contributed by atoms with E-state index in [1.165, 1.54) is 12.1 Å². The molecule has 0 radical (unpaired) electrons. The van der Waals surface area contributed by atoms with Crippen molar-refractivity contribution in [1.82, 2.24) is 10.2 Å². The lowest BCUT2D eigenvalue weighted by Crippen LogP contribution is -1.94. The molecule has 106 valence electrons. The van der Waals surface area contributed by atoms with Gasteiger partial charge in [-0.15, -0.1) is 5.10 Å². The molecule has 0 fully saturated rings. The molecule has 0 atom stereocenters. The van der Waals surface area contributed by atoms with Crippen LogP contribution in [-0.4, -0.2) is 17.3 Å². The summed E-state index contributed by atoms with van der Waals surface area (Å²) >= 11 is 0. The third kappa shape index (κ3) is 2.84. The van der Waals surface area contributed by atoms with Gasteiger partial charge in [0.1, 0.15) is 11.6 Å². The van der Waals surface area contributed by atoms with E-state index >= 15 is 0 Å². The predicted molar refractivity (Wildman–Crippen MR) is 76.0 cm³/mol. The Bertz CT molecular complexity index is 741. The first-order valence-corrected chi connectivity index (χ1v) is 6.26. The average molecular weight is 285 g/mol. The fourth-order valence-corrected chi connectivity index (χ4v) is 1.85. The first-order valence-electron chi connectivity index (χ1n) is 6.26. The highest BCUT2D eigenvalue weighted by Gasteiger charge is 2.10. The minimum absolute atomic E-state index is 0.235. The largest absolute Gasteiger partial charge is 0.495 e. The van der Waals surface area contributed by atoms with Gasteiger partial charge in [-0.2, -0.15) is 0 Å². The number of hydrogen-bond acceptors (Lipinski definition) is 5. The molecule has 0 bridgehead atoms. The van der Waals surface area contributed by atoms with Crippen LogP contribution in [-0.2, 0) is 0 Å². The second-order valence-corrected chi connectivity index (χ2v) is 4.24. The molecular weight excluding hydrogens is 273 g/mol. The molecule has 1 aromatic heterocycles. The van der Waals surface area contributed by atoms with Crippen molar-refractivity contribution in [2.45, 2.75) is 0 Å². The molecule has 0 saturated carbocycles. The summed E-state index contributed by atoms with van der Waals surface area (Å²) in [5.74, 6) is 0.664. The molecule has 0 saturated heterocycles. The molecule has 3 rings (SSSR count). The number of rotatable bonds is 4. The van der Waals surface area contributed by atoms with Crippen LogP contribution in [0.15, 0.2) is 52.9 Å². The lowest BCUT2D eigenvalue weighted by Gasteiger charge is -2.06. The Morgan fingerprint density at radius 2 is 1.81 bits per heavy atom. The van der Waals surface area contributed by atoms with Crippen LogP contribution in [0.25, 0.3) is 11.5 Å². The topological polar surface area (TPSA) is 60.2 Å². The van der Waals surface area contributed by atoms with Crippen molar-refractivity contribution in [2.75, 3.05) is 12.4 Å². The Labute approximate surface area is 120 Å². The third-order valence-corrected chi connectivity index (χ3v) is 2.86. The quantitative estimate of drug-likeness (QED) is 0.793. The van der Waals surface area contributed by atoms with E-state index in [1.807, 2.05) is 24.3 Å². The van der Waals surface area contributed by atoms with Gasteiger partial charge in [0.25, 0.3) is 0 Å². The van der Waals surface area contributed by atoms with Crippen LogP contribution in [0.5, 0.6) is 5.75 Å². The fourth-order valence-electron chi connectivity index (χ4n) is 1.85. The zero-order chi connectivity index (χ0) is 14.7. The van der Waals surface area contributed by atoms with Gasteiger partial charge in [-0.1, -0.05) is 17.2 Å². The van der Waals surface area contributed by atoms with Crippen LogP contribution < -0.4 is 10.1 Å². The van der Waals surface area contributed by atoms with Crippen molar-refractivity contribution in [2.24, 2.45) is 0 Å². The Balaban J connectivity index is 1.83. The molecule has 0 spiro atoms. The minimum atomic E-state index is -0.314. The van der Waals surface area contributed by atoms with Gasteiger partial charge in [0.15, 0.2) is 0 Å². The molecule has 5 nitrogen and oxygen atoms in total. The highest BCUT2D eigenvalue weighted by atomic mass is 19.1. The van der Waals surface area contributed by atoms with E-state index in [0.717, 1.165) is 0 Å². The van der Waals surface area contributed by atoms with Crippen LogP contribution in [0.2, 0.25) is 0 Å². The van der Waals surface area contributed by atoms with E-state index in [0.29, 0.717) is 22.9 Å². The number of methoxy groups -OCH3 is 1. The van der Waals surface area contributed by atoms with Crippen molar-refractivity contribution in [3.63, 3.8) is 0 Å². The molecule has 6 heteroatoms. The van der Waals surface area contributed by atoms with Crippen LogP contribution in [0, 0.1) is 5.82 Å². The zero-order valence-electron chi connectivity index (χ0n) is 11.2. The van der Waals surface area contributed by atoms with Crippen LogP contribution in [0.1, 0.15) is 0 Å². The van der Waals surface area contributed by atoms with Crippen molar-refractivity contribution in [1.29, 1.82) is 0 Å². The van der Waals surface area contributed by atoms with Gasteiger partial charge in [0.2, 0.25) is 5.89 Å². The average Bonchev–Trinajstić information content (AvgIpc) is 2.97. The minimum Gasteiger partial charge on any atom is -0.495 e. The smallest absolute Gasteiger partial charge is 0.320 e. The first kappa shape index (κ1) is 13.1. The van der Waals surface area contributed by atoms with Crippen molar-refractivity contribution < 1.29 is 13.5 Å². The third-order valence-electron chi connectivity index (χ3n) is 2.86. The highest BCUT2D eigenvalue weighted by Crippen LogP contribution is 2.27. The van der Waals surface area contributed by atoms with E-state index < -0.39 is 0 Å². The molecule has 1 N–H and O–H groups in total. The van der Waals surface area contributed by atoms with Gasteiger partial charge in [0.05, 0.1) is 12.8 Å². The normalized spacial score (nSPS) is 10.4. The lowest BCUT2D eigenvalue weighted by molar-refractivity contribution is 0.416. The SMILES string of the molecule is COc1ccccc1Nc1nnc(-c2ccc(F)cc2)o1. The van der Waals surface area contributed by atoms with Crippen LogP contribution >= 0.6 is 0 Å². The van der Waals surface area contributed by atoms with E-state index in [9.17, 15) is 4.39 Å². The summed E-state index contributed by atoms with van der Waals surface area (Å²) in [6.07, 6.45) is 0. The Kier molecular flexibility index (Phi) is 3.51. The maximum absolute atomic E-state index is 12.9. The molecule has 2 aromatic carbocycles. The Morgan fingerprint density at radius 3 is 2.57 bits per heavy atom. The summed E-state index contributed by atoms with van der Waals surface area (Å²) < 4.78 is 23.6. The number of ether oxygens (including phenoxy) is 1. The summed E-state index contributed by atoms with van der Waals surface area (Å²) in [7, 11) is 1.58. The molecule has 0 aliphatic rings. The molecule has 1 heterocycles. The number of nitrogens with one attached hydrogen (secondary N) is 1. The lowest BCUT2D eigenvalue weighted by atomic mass is 10.2.